The molecule has 1 aromatic rings. The molecular weight excluding hydrogens is 336 g/mol. The van der Waals surface area contributed by atoms with Gasteiger partial charge in [0.1, 0.15) is 5.00 Å². The predicted molar refractivity (Wildman–Crippen MR) is 102 cm³/mol. The minimum atomic E-state index is -0.355. The highest BCUT2D eigenvalue weighted by atomic mass is 32.1. The van der Waals surface area contributed by atoms with Crippen LogP contribution in [0.2, 0.25) is 0 Å². The number of hydrogen-bond acceptors (Lipinski definition) is 4. The maximum atomic E-state index is 12.6. The lowest BCUT2D eigenvalue weighted by molar-refractivity contribution is -0.917. The second kappa shape index (κ2) is 9.34. The van der Waals surface area contributed by atoms with Crippen molar-refractivity contribution in [3.63, 3.8) is 0 Å². The number of thiophene rings is 1. The number of carbonyl (C=O) groups excluding carboxylic acids is 2. The summed E-state index contributed by atoms with van der Waals surface area (Å²) in [6.45, 7) is 9.53. The van der Waals surface area contributed by atoms with E-state index in [-0.39, 0.29) is 11.9 Å². The minimum absolute atomic E-state index is 0.0192. The average Bonchev–Trinajstić information content (AvgIpc) is 2.87. The highest BCUT2D eigenvalue weighted by molar-refractivity contribution is 7.16. The van der Waals surface area contributed by atoms with Crippen molar-refractivity contribution in [3.8, 4) is 0 Å². The van der Waals surface area contributed by atoms with Gasteiger partial charge in [0.2, 0.25) is 0 Å². The first-order valence-electron chi connectivity index (χ1n) is 9.39. The van der Waals surface area contributed by atoms with Crippen molar-refractivity contribution in [2.75, 3.05) is 25.0 Å². The fraction of sp³-hybridized carbons (Fsp3) is 0.684. The Kier molecular flexibility index (Phi) is 7.44. The van der Waals surface area contributed by atoms with Gasteiger partial charge in [-0.15, -0.1) is 11.3 Å². The number of hydrogen-bond donors (Lipinski definition) is 2. The topological polar surface area (TPSA) is 59.8 Å². The van der Waals surface area contributed by atoms with Crippen molar-refractivity contribution in [1.29, 1.82) is 0 Å². The maximum absolute atomic E-state index is 12.6. The van der Waals surface area contributed by atoms with Gasteiger partial charge in [0.15, 0.2) is 6.54 Å². The second-order valence-corrected chi connectivity index (χ2v) is 8.00. The molecule has 1 unspecified atom stereocenters. The standard InChI is InChI=1S/C19H30N2O3S/c1-5-21(15-10-8-7-9-11-15)12-16(22)20-18-17(19(23)24-6-2)13(3)14(4)25-18/h15H,5-12H2,1-4H3,(H,20,22)/p+1. The van der Waals surface area contributed by atoms with Crippen LogP contribution in [0.4, 0.5) is 5.00 Å². The molecule has 5 nitrogen and oxygen atoms in total. The third kappa shape index (κ3) is 5.05. The van der Waals surface area contributed by atoms with Gasteiger partial charge in [-0.2, -0.15) is 0 Å². The Bertz CT molecular complexity index is 606. The van der Waals surface area contributed by atoms with Gasteiger partial charge in [-0.25, -0.2) is 4.79 Å². The van der Waals surface area contributed by atoms with Crippen LogP contribution in [0.3, 0.4) is 0 Å². The molecule has 6 heteroatoms. The molecule has 0 aromatic carbocycles. The molecule has 0 spiro atoms. The number of esters is 1. The van der Waals surface area contributed by atoms with Crippen LogP contribution in [-0.4, -0.2) is 37.6 Å². The summed E-state index contributed by atoms with van der Waals surface area (Å²) in [4.78, 5) is 27.2. The summed E-state index contributed by atoms with van der Waals surface area (Å²) >= 11 is 1.45. The van der Waals surface area contributed by atoms with Crippen molar-refractivity contribution < 1.29 is 19.2 Å². The van der Waals surface area contributed by atoms with Crippen LogP contribution in [0, 0.1) is 13.8 Å². The first-order valence-corrected chi connectivity index (χ1v) is 10.2. The summed E-state index contributed by atoms with van der Waals surface area (Å²) < 4.78 is 5.15. The number of nitrogens with one attached hydrogen (secondary N) is 2. The molecule has 1 atom stereocenters. The van der Waals surface area contributed by atoms with E-state index in [9.17, 15) is 9.59 Å². The van der Waals surface area contributed by atoms with Gasteiger partial charge >= 0.3 is 5.97 Å². The zero-order chi connectivity index (χ0) is 18.4. The molecule has 1 aromatic heterocycles. The first-order chi connectivity index (χ1) is 12.0. The largest absolute Gasteiger partial charge is 0.462 e. The second-order valence-electron chi connectivity index (χ2n) is 6.78. The number of aryl methyl sites for hydroxylation is 1. The Labute approximate surface area is 154 Å². The van der Waals surface area contributed by atoms with E-state index in [1.165, 1.54) is 48.3 Å². The number of likely N-dealkylation sites (N-methyl/N-ethyl adjacent to an activating group) is 1. The number of rotatable bonds is 7. The SMILES string of the molecule is CCOC(=O)c1c(NC(=O)C[NH+](CC)C2CCCCC2)sc(C)c1C. The highest BCUT2D eigenvalue weighted by Gasteiger charge is 2.27. The number of anilines is 1. The van der Waals surface area contributed by atoms with Crippen molar-refractivity contribution in [2.45, 2.75) is 65.8 Å². The third-order valence-electron chi connectivity index (χ3n) is 5.14. The van der Waals surface area contributed by atoms with Crippen LogP contribution < -0.4 is 10.2 Å². The quantitative estimate of drug-likeness (QED) is 0.729. The predicted octanol–water partition coefficient (Wildman–Crippen LogP) is 2.72. The van der Waals surface area contributed by atoms with E-state index in [0.29, 0.717) is 29.8 Å². The number of carbonyl (C=O) groups is 2. The Morgan fingerprint density at radius 1 is 1.20 bits per heavy atom. The van der Waals surface area contributed by atoms with Crippen LogP contribution in [-0.2, 0) is 9.53 Å². The van der Waals surface area contributed by atoms with E-state index in [1.54, 1.807) is 6.92 Å². The Balaban J connectivity index is 2.06. The molecular formula is C19H31N2O3S+. The van der Waals surface area contributed by atoms with Gasteiger partial charge in [-0.1, -0.05) is 6.42 Å². The van der Waals surface area contributed by atoms with Crippen LogP contribution in [0.1, 0.15) is 66.8 Å². The molecule has 1 amide bonds. The summed E-state index contributed by atoms with van der Waals surface area (Å²) in [6.07, 6.45) is 6.28. The van der Waals surface area contributed by atoms with Crippen molar-refractivity contribution >= 4 is 28.2 Å². The van der Waals surface area contributed by atoms with E-state index in [0.717, 1.165) is 17.0 Å². The van der Waals surface area contributed by atoms with Crippen LogP contribution >= 0.6 is 11.3 Å². The van der Waals surface area contributed by atoms with E-state index < -0.39 is 0 Å². The van der Waals surface area contributed by atoms with Crippen molar-refractivity contribution in [2.24, 2.45) is 0 Å². The molecule has 1 saturated carbocycles. The zero-order valence-electron chi connectivity index (χ0n) is 15.9. The number of quaternary nitrogens is 1. The van der Waals surface area contributed by atoms with Gasteiger partial charge in [0, 0.05) is 4.88 Å². The minimum Gasteiger partial charge on any atom is -0.462 e. The van der Waals surface area contributed by atoms with Crippen LogP contribution in [0.25, 0.3) is 0 Å². The Morgan fingerprint density at radius 2 is 1.88 bits per heavy atom. The fourth-order valence-electron chi connectivity index (χ4n) is 3.61. The van der Waals surface area contributed by atoms with Gasteiger partial charge in [-0.05, 0) is 58.9 Å². The molecule has 1 aliphatic carbocycles. The van der Waals surface area contributed by atoms with E-state index in [4.69, 9.17) is 4.74 Å². The van der Waals surface area contributed by atoms with Gasteiger partial charge < -0.3 is 15.0 Å². The first kappa shape index (κ1) is 19.9. The highest BCUT2D eigenvalue weighted by Crippen LogP contribution is 2.32. The summed E-state index contributed by atoms with van der Waals surface area (Å²) in [5.74, 6) is -0.374. The van der Waals surface area contributed by atoms with Crippen molar-refractivity contribution in [3.05, 3.63) is 16.0 Å². The molecule has 140 valence electrons. The van der Waals surface area contributed by atoms with E-state index >= 15 is 0 Å². The molecule has 1 fully saturated rings. The summed E-state index contributed by atoms with van der Waals surface area (Å²) in [5.41, 5.74) is 1.40. The van der Waals surface area contributed by atoms with Gasteiger partial charge in [0.05, 0.1) is 24.8 Å². The van der Waals surface area contributed by atoms with Gasteiger partial charge in [0.25, 0.3) is 5.91 Å². The molecule has 1 heterocycles. The normalized spacial score (nSPS) is 16.5. The molecule has 0 radical (unpaired) electrons. The molecule has 2 rings (SSSR count). The molecule has 0 aliphatic heterocycles. The summed E-state index contributed by atoms with van der Waals surface area (Å²) in [7, 11) is 0. The Hall–Kier alpha value is -1.40. The average molecular weight is 368 g/mol. The lowest BCUT2D eigenvalue weighted by Crippen LogP contribution is -3.16. The third-order valence-corrected chi connectivity index (χ3v) is 6.26. The van der Waals surface area contributed by atoms with Crippen LogP contribution in [0.5, 0.6) is 0 Å². The molecule has 2 N–H and O–H groups in total. The van der Waals surface area contributed by atoms with Crippen molar-refractivity contribution in [1.82, 2.24) is 0 Å². The zero-order valence-corrected chi connectivity index (χ0v) is 16.7. The molecule has 1 aliphatic rings. The van der Waals surface area contributed by atoms with E-state index in [2.05, 4.69) is 12.2 Å². The monoisotopic (exact) mass is 367 g/mol. The van der Waals surface area contributed by atoms with Gasteiger partial charge in [-0.3, -0.25) is 4.79 Å². The molecule has 0 bridgehead atoms. The lowest BCUT2D eigenvalue weighted by atomic mass is 9.94. The maximum Gasteiger partial charge on any atom is 0.341 e. The van der Waals surface area contributed by atoms with E-state index in [1.807, 2.05) is 13.8 Å². The lowest BCUT2D eigenvalue weighted by Gasteiger charge is -2.30. The summed E-state index contributed by atoms with van der Waals surface area (Å²) in [6, 6.07) is 0.584. The Morgan fingerprint density at radius 3 is 2.48 bits per heavy atom. The summed E-state index contributed by atoms with van der Waals surface area (Å²) in [5, 5.41) is 3.60. The molecule has 25 heavy (non-hydrogen) atoms. The number of ether oxygens (including phenoxy) is 1. The fourth-order valence-corrected chi connectivity index (χ4v) is 4.67. The van der Waals surface area contributed by atoms with Crippen LogP contribution in [0.15, 0.2) is 0 Å². The smallest absolute Gasteiger partial charge is 0.341 e. The number of amides is 1. The molecule has 0 saturated heterocycles.